The maximum absolute atomic E-state index is 12.7. The molecule has 0 spiro atoms. The molecule has 1 aliphatic rings. The highest BCUT2D eigenvalue weighted by molar-refractivity contribution is 5.84. The zero-order valence-electron chi connectivity index (χ0n) is 29.2. The predicted molar refractivity (Wildman–Crippen MR) is 184 cm³/mol. The quantitative estimate of drug-likeness (QED) is 0.187. The van der Waals surface area contributed by atoms with Gasteiger partial charge in [0, 0.05) is 6.92 Å². The van der Waals surface area contributed by atoms with Gasteiger partial charge in [0.15, 0.2) is 11.8 Å². The van der Waals surface area contributed by atoms with Crippen molar-refractivity contribution in [1.29, 1.82) is 0 Å². The lowest BCUT2D eigenvalue weighted by Crippen LogP contribution is -2.67. The van der Waals surface area contributed by atoms with Gasteiger partial charge in [-0.15, -0.1) is 0 Å². The lowest BCUT2D eigenvalue weighted by molar-refractivity contribution is -0.293. The number of carboxylic acids is 1. The maximum atomic E-state index is 12.7. The Hall–Kier alpha value is -4.33. The van der Waals surface area contributed by atoms with E-state index in [0.29, 0.717) is 6.61 Å². The normalized spacial score (nSPS) is 21.8. The van der Waals surface area contributed by atoms with Crippen molar-refractivity contribution in [2.75, 3.05) is 13.2 Å². The van der Waals surface area contributed by atoms with Crippen molar-refractivity contribution >= 4 is 18.0 Å². The lowest BCUT2D eigenvalue weighted by atomic mass is 9.95. The summed E-state index contributed by atoms with van der Waals surface area (Å²) >= 11 is 0. The highest BCUT2D eigenvalue weighted by atomic mass is 16.7. The van der Waals surface area contributed by atoms with Crippen LogP contribution in [0, 0.1) is 0 Å². The molecule has 1 aliphatic heterocycles. The molecule has 0 saturated carbocycles. The molecule has 0 bridgehead atoms. The van der Waals surface area contributed by atoms with E-state index < -0.39 is 66.4 Å². The second-order valence-electron chi connectivity index (χ2n) is 13.4. The van der Waals surface area contributed by atoms with E-state index in [4.69, 9.17) is 28.4 Å². The average Bonchev–Trinajstić information content (AvgIpc) is 3.07. The molecule has 12 nitrogen and oxygen atoms in total. The number of rotatable bonds is 16. The summed E-state index contributed by atoms with van der Waals surface area (Å²) < 4.78 is 37.1. The first-order valence-corrected chi connectivity index (χ1v) is 16.5. The Morgan fingerprint density at radius 2 is 1.24 bits per heavy atom. The van der Waals surface area contributed by atoms with Crippen molar-refractivity contribution in [2.45, 2.75) is 96.2 Å². The minimum Gasteiger partial charge on any atom is -0.479 e. The van der Waals surface area contributed by atoms with Gasteiger partial charge < -0.3 is 44.2 Å². The van der Waals surface area contributed by atoms with Gasteiger partial charge in [-0.1, -0.05) is 91.0 Å². The van der Waals surface area contributed by atoms with Gasteiger partial charge >= 0.3 is 12.1 Å². The number of benzene rings is 3. The van der Waals surface area contributed by atoms with Gasteiger partial charge in [0.25, 0.3) is 0 Å². The molecule has 1 heterocycles. The van der Waals surface area contributed by atoms with Crippen molar-refractivity contribution in [1.82, 2.24) is 10.6 Å². The fourth-order valence-electron chi connectivity index (χ4n) is 5.30. The van der Waals surface area contributed by atoms with E-state index in [0.717, 1.165) is 16.7 Å². The standard InChI is InChI=1S/C38H48N2O10/c1-26(41)39-31-33(47-23-29-19-13-8-14-20-29)32(46-22-28-17-11-7-12-18-28)30(24-45-21-27-15-9-6-10-16-27)49-34(31)48-25-38(5,35(42)43)40-36(44)50-37(2,3)4/h6-20,30-34H,21-25H2,1-5H3,(H,39,41)(H,40,44)(H,42,43)/t30-,31-,32+,33-,34+,38+/m1/s1. The van der Waals surface area contributed by atoms with Crippen LogP contribution < -0.4 is 10.6 Å². The monoisotopic (exact) mass is 692 g/mol. The number of aliphatic carboxylic acids is 1. The summed E-state index contributed by atoms with van der Waals surface area (Å²) in [7, 11) is 0. The third kappa shape index (κ3) is 11.9. The zero-order chi connectivity index (χ0) is 36.1. The van der Waals surface area contributed by atoms with Crippen molar-refractivity contribution in [3.8, 4) is 0 Å². The van der Waals surface area contributed by atoms with Crippen LogP contribution in [-0.2, 0) is 57.8 Å². The number of alkyl carbamates (subject to hydrolysis) is 1. The molecule has 0 aliphatic carbocycles. The highest BCUT2D eigenvalue weighted by Gasteiger charge is 2.50. The number of carboxylic acid groups (broad SMARTS) is 1. The molecule has 1 saturated heterocycles. The van der Waals surface area contributed by atoms with Crippen molar-refractivity contribution in [2.24, 2.45) is 0 Å². The van der Waals surface area contributed by atoms with Crippen LogP contribution in [0.3, 0.4) is 0 Å². The van der Waals surface area contributed by atoms with Gasteiger partial charge in [0.2, 0.25) is 5.91 Å². The topological polar surface area (TPSA) is 151 Å². The van der Waals surface area contributed by atoms with Crippen LogP contribution >= 0.6 is 0 Å². The Labute approximate surface area is 293 Å². The Morgan fingerprint density at radius 3 is 1.72 bits per heavy atom. The second-order valence-corrected chi connectivity index (χ2v) is 13.4. The largest absolute Gasteiger partial charge is 0.479 e. The van der Waals surface area contributed by atoms with Crippen molar-refractivity contribution in [3.05, 3.63) is 108 Å². The molecular weight excluding hydrogens is 644 g/mol. The number of carbonyl (C=O) groups excluding carboxylic acids is 2. The van der Waals surface area contributed by atoms with Crippen LogP contribution in [-0.4, -0.2) is 78.1 Å². The van der Waals surface area contributed by atoms with Gasteiger partial charge in [-0.3, -0.25) is 4.79 Å². The summed E-state index contributed by atoms with van der Waals surface area (Å²) in [5.74, 6) is -1.76. The Balaban J connectivity index is 1.65. The molecule has 4 rings (SSSR count). The Kier molecular flexibility index (Phi) is 13.9. The smallest absolute Gasteiger partial charge is 0.408 e. The summed E-state index contributed by atoms with van der Waals surface area (Å²) in [4.78, 5) is 37.8. The van der Waals surface area contributed by atoms with Crippen molar-refractivity contribution in [3.63, 3.8) is 0 Å². The van der Waals surface area contributed by atoms with Crippen LogP contribution in [0.25, 0.3) is 0 Å². The molecule has 0 aromatic heterocycles. The predicted octanol–water partition coefficient (Wildman–Crippen LogP) is 4.99. The second kappa shape index (κ2) is 18.1. The third-order valence-electron chi connectivity index (χ3n) is 7.77. The first kappa shape index (κ1) is 38.5. The molecule has 12 heteroatoms. The summed E-state index contributed by atoms with van der Waals surface area (Å²) in [6, 6.07) is 27.8. The van der Waals surface area contributed by atoms with Crippen molar-refractivity contribution < 1.29 is 47.9 Å². The minimum atomic E-state index is -1.92. The molecule has 270 valence electrons. The van der Waals surface area contributed by atoms with Crippen LogP contribution in [0.5, 0.6) is 0 Å². The maximum Gasteiger partial charge on any atom is 0.408 e. The van der Waals surface area contributed by atoms with E-state index in [1.54, 1.807) is 20.8 Å². The molecule has 50 heavy (non-hydrogen) atoms. The molecule has 3 aromatic carbocycles. The van der Waals surface area contributed by atoms with Gasteiger partial charge in [-0.25, -0.2) is 9.59 Å². The van der Waals surface area contributed by atoms with Gasteiger partial charge in [0.1, 0.15) is 30.0 Å². The highest BCUT2D eigenvalue weighted by Crippen LogP contribution is 2.30. The molecule has 6 atom stereocenters. The fraction of sp³-hybridized carbons (Fsp3) is 0.447. The van der Waals surface area contributed by atoms with E-state index in [1.165, 1.54) is 13.8 Å². The lowest BCUT2D eigenvalue weighted by Gasteiger charge is -2.46. The van der Waals surface area contributed by atoms with Gasteiger partial charge in [-0.05, 0) is 44.4 Å². The number of carbonyl (C=O) groups is 3. The minimum absolute atomic E-state index is 0.0541. The molecule has 1 fully saturated rings. The first-order valence-electron chi connectivity index (χ1n) is 16.5. The average molecular weight is 693 g/mol. The molecular formula is C38H48N2O10. The van der Waals surface area contributed by atoms with Crippen LogP contribution in [0.4, 0.5) is 4.79 Å². The van der Waals surface area contributed by atoms with E-state index in [9.17, 15) is 19.5 Å². The van der Waals surface area contributed by atoms with E-state index in [2.05, 4.69) is 10.6 Å². The van der Waals surface area contributed by atoms with Gasteiger partial charge in [-0.2, -0.15) is 0 Å². The van der Waals surface area contributed by atoms with Crippen LogP contribution in [0.15, 0.2) is 91.0 Å². The van der Waals surface area contributed by atoms with E-state index in [1.807, 2.05) is 91.0 Å². The molecule has 3 N–H and O–H groups in total. The Morgan fingerprint density at radius 1 is 0.740 bits per heavy atom. The number of nitrogens with one attached hydrogen (secondary N) is 2. The molecule has 0 unspecified atom stereocenters. The third-order valence-corrected chi connectivity index (χ3v) is 7.77. The summed E-state index contributed by atoms with van der Waals surface area (Å²) in [5.41, 5.74) is -0.0308. The van der Waals surface area contributed by atoms with Crippen LogP contribution in [0.1, 0.15) is 51.3 Å². The van der Waals surface area contributed by atoms with E-state index >= 15 is 0 Å². The number of hydrogen-bond acceptors (Lipinski definition) is 9. The Bertz CT molecular complexity index is 1500. The number of ether oxygens (including phenoxy) is 6. The van der Waals surface area contributed by atoms with Crippen LogP contribution in [0.2, 0.25) is 0 Å². The molecule has 2 amide bonds. The first-order chi connectivity index (χ1) is 23.8. The SMILES string of the molecule is CC(=O)N[C@H]1[C@@H](OC[C@](C)(NC(=O)OC(C)(C)C)C(=O)O)O[C@H](COCc2ccccc2)[C@H](OCc2ccccc2)[C@@H]1OCc1ccccc1. The summed E-state index contributed by atoms with van der Waals surface area (Å²) in [5, 5.41) is 15.5. The summed E-state index contributed by atoms with van der Waals surface area (Å²) in [6.07, 6.45) is -4.56. The summed E-state index contributed by atoms with van der Waals surface area (Å²) in [6.45, 7) is 7.84. The molecule has 0 radical (unpaired) electrons. The van der Waals surface area contributed by atoms with Gasteiger partial charge in [0.05, 0.1) is 33.0 Å². The number of amides is 2. The zero-order valence-corrected chi connectivity index (χ0v) is 29.2. The van der Waals surface area contributed by atoms with E-state index in [-0.39, 0.29) is 19.8 Å². The fourth-order valence-corrected chi connectivity index (χ4v) is 5.30. The number of hydrogen-bond donors (Lipinski definition) is 3. The molecule has 3 aromatic rings.